The lowest BCUT2D eigenvalue weighted by molar-refractivity contribution is -0.144. The lowest BCUT2D eigenvalue weighted by Gasteiger charge is -2.59. The van der Waals surface area contributed by atoms with E-state index in [9.17, 15) is 9.59 Å². The predicted molar refractivity (Wildman–Crippen MR) is 92.2 cm³/mol. The molecule has 4 aliphatic carbocycles. The molecule has 2 amide bonds. The molecule has 23 heavy (non-hydrogen) atoms. The summed E-state index contributed by atoms with van der Waals surface area (Å²) in [4.78, 5) is 26.9. The van der Waals surface area contributed by atoms with Gasteiger partial charge >= 0.3 is 0 Å². The van der Waals surface area contributed by atoms with Crippen molar-refractivity contribution < 1.29 is 9.59 Å². The van der Waals surface area contributed by atoms with Crippen LogP contribution in [0.5, 0.6) is 0 Å². The Bertz CT molecular complexity index is 501. The van der Waals surface area contributed by atoms with E-state index in [1.807, 2.05) is 4.90 Å². The van der Waals surface area contributed by atoms with Crippen molar-refractivity contribution in [3.05, 3.63) is 0 Å². The molecule has 1 N–H and O–H groups in total. The van der Waals surface area contributed by atoms with Crippen LogP contribution in [0.25, 0.3) is 0 Å². The summed E-state index contributed by atoms with van der Waals surface area (Å²) in [5, 5.41) is 3.10. The van der Waals surface area contributed by atoms with Gasteiger partial charge in [-0.1, -0.05) is 15.9 Å². The molecular formula is C18H27BrN2O2. The summed E-state index contributed by atoms with van der Waals surface area (Å²) in [7, 11) is 0. The van der Waals surface area contributed by atoms with Crippen LogP contribution in [0.2, 0.25) is 0 Å². The summed E-state index contributed by atoms with van der Waals surface area (Å²) >= 11 is 3.96. The lowest BCUT2D eigenvalue weighted by Crippen LogP contribution is -2.58. The van der Waals surface area contributed by atoms with Crippen LogP contribution < -0.4 is 5.32 Å². The van der Waals surface area contributed by atoms with E-state index in [1.165, 1.54) is 19.3 Å². The zero-order valence-electron chi connectivity index (χ0n) is 13.8. The first kappa shape index (κ1) is 15.9. The molecule has 2 unspecified atom stereocenters. The molecule has 5 heteroatoms. The van der Waals surface area contributed by atoms with Gasteiger partial charge < -0.3 is 10.2 Å². The fraction of sp³-hybridized carbons (Fsp3) is 0.889. The van der Waals surface area contributed by atoms with Gasteiger partial charge in [-0.25, -0.2) is 0 Å². The maximum atomic E-state index is 12.9. The van der Waals surface area contributed by atoms with Gasteiger partial charge in [0.05, 0.1) is 5.41 Å². The number of carbonyl (C=O) groups is 2. The van der Waals surface area contributed by atoms with Gasteiger partial charge in [0.2, 0.25) is 11.8 Å². The number of rotatable bonds is 4. The van der Waals surface area contributed by atoms with E-state index < -0.39 is 0 Å². The Morgan fingerprint density at radius 1 is 1.09 bits per heavy atom. The highest BCUT2D eigenvalue weighted by molar-refractivity contribution is 9.10. The van der Waals surface area contributed by atoms with E-state index >= 15 is 0 Å². The third-order valence-electron chi connectivity index (χ3n) is 6.55. The minimum atomic E-state index is -0.162. The van der Waals surface area contributed by atoms with Gasteiger partial charge in [0.15, 0.2) is 0 Å². The normalized spacial score (nSPS) is 41.3. The van der Waals surface area contributed by atoms with Crippen LogP contribution in [-0.2, 0) is 9.59 Å². The number of likely N-dealkylation sites (tertiary alicyclic amines) is 1. The monoisotopic (exact) mass is 382 g/mol. The molecule has 0 spiro atoms. The van der Waals surface area contributed by atoms with Gasteiger partial charge in [-0.2, -0.15) is 0 Å². The van der Waals surface area contributed by atoms with Crippen molar-refractivity contribution in [2.24, 2.45) is 17.3 Å². The smallest absolute Gasteiger partial charge is 0.226 e. The summed E-state index contributed by atoms with van der Waals surface area (Å²) in [6.07, 6.45) is 9.60. The minimum absolute atomic E-state index is 0.162. The summed E-state index contributed by atoms with van der Waals surface area (Å²) in [6.45, 7) is 2.29. The van der Waals surface area contributed by atoms with Gasteiger partial charge in [0, 0.05) is 30.4 Å². The Balaban J connectivity index is 1.33. The quantitative estimate of drug-likeness (QED) is 0.759. The van der Waals surface area contributed by atoms with E-state index in [4.69, 9.17) is 0 Å². The van der Waals surface area contributed by atoms with Crippen LogP contribution in [0.15, 0.2) is 0 Å². The Labute approximate surface area is 146 Å². The van der Waals surface area contributed by atoms with E-state index in [0.29, 0.717) is 24.8 Å². The van der Waals surface area contributed by atoms with Gasteiger partial charge in [-0.05, 0) is 63.2 Å². The van der Waals surface area contributed by atoms with Crippen molar-refractivity contribution >= 4 is 27.7 Å². The maximum Gasteiger partial charge on any atom is 0.226 e. The summed E-state index contributed by atoms with van der Waals surface area (Å²) in [5.74, 6) is 1.84. The minimum Gasteiger partial charge on any atom is -0.355 e. The van der Waals surface area contributed by atoms with Crippen LogP contribution in [-0.4, -0.2) is 40.7 Å². The molecule has 1 aliphatic heterocycles. The Morgan fingerprint density at radius 3 is 2.35 bits per heavy atom. The highest BCUT2D eigenvalue weighted by Gasteiger charge is 2.59. The second-order valence-electron chi connectivity index (χ2n) is 8.49. The van der Waals surface area contributed by atoms with Crippen molar-refractivity contribution in [2.45, 2.75) is 62.1 Å². The van der Waals surface area contributed by atoms with Crippen LogP contribution in [0.3, 0.4) is 0 Å². The number of carbonyl (C=O) groups excluding carboxylic acids is 2. The topological polar surface area (TPSA) is 49.4 Å². The molecule has 0 aromatic rings. The predicted octanol–water partition coefficient (Wildman–Crippen LogP) is 2.85. The first-order chi connectivity index (χ1) is 11.0. The SMILES string of the molecule is O=C(CCNC(=O)C12CC3CC(CC(Br)(C3)C1)C2)N1CCCC1. The van der Waals surface area contributed by atoms with Crippen LogP contribution in [0.4, 0.5) is 0 Å². The van der Waals surface area contributed by atoms with E-state index in [-0.39, 0.29) is 21.6 Å². The summed E-state index contributed by atoms with van der Waals surface area (Å²) < 4.78 is 0.208. The Morgan fingerprint density at radius 2 is 1.74 bits per heavy atom. The highest BCUT2D eigenvalue weighted by atomic mass is 79.9. The number of nitrogens with zero attached hydrogens (tertiary/aromatic N) is 1. The number of hydrogen-bond donors (Lipinski definition) is 1. The zero-order chi connectivity index (χ0) is 16.1. The number of amides is 2. The molecule has 5 fully saturated rings. The lowest BCUT2D eigenvalue weighted by atomic mass is 9.49. The maximum absolute atomic E-state index is 12.9. The van der Waals surface area contributed by atoms with Crippen molar-refractivity contribution in [3.63, 3.8) is 0 Å². The Kier molecular flexibility index (Phi) is 3.98. The highest BCUT2D eigenvalue weighted by Crippen LogP contribution is 2.64. The first-order valence-corrected chi connectivity index (χ1v) is 10.0. The second-order valence-corrected chi connectivity index (χ2v) is 10.2. The summed E-state index contributed by atoms with van der Waals surface area (Å²) in [5.41, 5.74) is -0.162. The van der Waals surface area contributed by atoms with Crippen molar-refractivity contribution in [2.75, 3.05) is 19.6 Å². The average Bonchev–Trinajstić information content (AvgIpc) is 2.98. The van der Waals surface area contributed by atoms with Gasteiger partial charge in [0.25, 0.3) is 0 Å². The number of hydrogen-bond acceptors (Lipinski definition) is 2. The van der Waals surface area contributed by atoms with E-state index in [2.05, 4.69) is 21.2 Å². The molecule has 5 aliphatic rings. The molecular weight excluding hydrogens is 356 g/mol. The molecule has 128 valence electrons. The van der Waals surface area contributed by atoms with Crippen molar-refractivity contribution in [1.82, 2.24) is 10.2 Å². The number of alkyl halides is 1. The Hall–Kier alpha value is -0.580. The molecule has 0 radical (unpaired) electrons. The standard InChI is InChI=1S/C18H27BrN2O2/c19-18-10-13-7-14(11-18)9-17(8-13,12-18)16(23)20-4-3-15(22)21-5-1-2-6-21/h13-14H,1-12H2,(H,20,23). The van der Waals surface area contributed by atoms with Crippen LogP contribution >= 0.6 is 15.9 Å². The molecule has 0 aromatic carbocycles. The number of nitrogens with one attached hydrogen (secondary N) is 1. The van der Waals surface area contributed by atoms with Gasteiger partial charge in [0.1, 0.15) is 0 Å². The molecule has 4 nitrogen and oxygen atoms in total. The molecule has 4 bridgehead atoms. The fourth-order valence-corrected chi connectivity index (χ4v) is 7.46. The molecule has 1 saturated heterocycles. The van der Waals surface area contributed by atoms with E-state index in [1.54, 1.807) is 0 Å². The largest absolute Gasteiger partial charge is 0.355 e. The molecule has 4 saturated carbocycles. The molecule has 5 rings (SSSR count). The fourth-order valence-electron chi connectivity index (χ4n) is 6.01. The third kappa shape index (κ3) is 2.94. The number of halogens is 1. The van der Waals surface area contributed by atoms with Gasteiger partial charge in [-0.15, -0.1) is 0 Å². The summed E-state index contributed by atoms with van der Waals surface area (Å²) in [6, 6.07) is 0. The average molecular weight is 383 g/mol. The van der Waals surface area contributed by atoms with Crippen molar-refractivity contribution in [3.8, 4) is 0 Å². The second kappa shape index (κ2) is 5.75. The third-order valence-corrected chi connectivity index (χ3v) is 7.48. The first-order valence-electron chi connectivity index (χ1n) is 9.23. The molecule has 2 atom stereocenters. The van der Waals surface area contributed by atoms with Crippen molar-refractivity contribution in [1.29, 1.82) is 0 Å². The van der Waals surface area contributed by atoms with E-state index in [0.717, 1.165) is 45.2 Å². The zero-order valence-corrected chi connectivity index (χ0v) is 15.4. The molecule has 0 aromatic heterocycles. The van der Waals surface area contributed by atoms with Crippen LogP contribution in [0, 0.1) is 17.3 Å². The molecule has 1 heterocycles. The van der Waals surface area contributed by atoms with Gasteiger partial charge in [-0.3, -0.25) is 9.59 Å². The van der Waals surface area contributed by atoms with Crippen LogP contribution in [0.1, 0.15) is 57.8 Å².